The number of piperidine rings is 1. The molecular weight excluding hydrogens is 191 g/mol. The van der Waals surface area contributed by atoms with Crippen LogP contribution in [0.2, 0.25) is 0 Å². The Kier molecular flexibility index (Phi) is 2.20. The highest BCUT2D eigenvalue weighted by atomic mass is 19.1. The number of rotatable bonds is 1. The summed E-state index contributed by atoms with van der Waals surface area (Å²) in [5, 5.41) is 3.61. The van der Waals surface area contributed by atoms with Gasteiger partial charge in [0.15, 0.2) is 0 Å². The van der Waals surface area contributed by atoms with Crippen LogP contribution in [0.4, 0.5) is 4.39 Å². The summed E-state index contributed by atoms with van der Waals surface area (Å²) in [6.07, 6.45) is 6.67. The zero-order valence-corrected chi connectivity index (χ0v) is 8.62. The van der Waals surface area contributed by atoms with E-state index >= 15 is 0 Å². The van der Waals surface area contributed by atoms with Gasteiger partial charge in [0, 0.05) is 18.3 Å². The van der Waals surface area contributed by atoms with Crippen molar-refractivity contribution in [3.8, 4) is 0 Å². The molecule has 0 spiro atoms. The highest BCUT2D eigenvalue weighted by molar-refractivity contribution is 5.18. The van der Waals surface area contributed by atoms with Crippen LogP contribution in [0.25, 0.3) is 0 Å². The molecule has 0 aliphatic carbocycles. The Morgan fingerprint density at radius 3 is 2.53 bits per heavy atom. The smallest absolute Gasteiger partial charge is 0.212 e. The Balaban J connectivity index is 1.80. The number of fused-ring (bicyclic) bond motifs is 2. The summed E-state index contributed by atoms with van der Waals surface area (Å²) in [5.41, 5.74) is 1.20. The van der Waals surface area contributed by atoms with E-state index in [-0.39, 0.29) is 5.95 Å². The lowest BCUT2D eigenvalue weighted by atomic mass is 9.87. The van der Waals surface area contributed by atoms with Gasteiger partial charge < -0.3 is 5.32 Å². The summed E-state index contributed by atoms with van der Waals surface area (Å²) < 4.78 is 12.7. The SMILES string of the molecule is Fc1ccc(C2CC3CCC(C2)N3)cn1. The van der Waals surface area contributed by atoms with Gasteiger partial charge in [0.25, 0.3) is 0 Å². The molecule has 2 saturated heterocycles. The molecule has 0 aromatic carbocycles. The lowest BCUT2D eigenvalue weighted by Crippen LogP contribution is -2.37. The topological polar surface area (TPSA) is 24.9 Å². The number of nitrogens with zero attached hydrogens (tertiary/aromatic N) is 1. The van der Waals surface area contributed by atoms with Gasteiger partial charge in [-0.05, 0) is 43.2 Å². The minimum atomic E-state index is -0.379. The average molecular weight is 206 g/mol. The van der Waals surface area contributed by atoms with E-state index in [4.69, 9.17) is 0 Å². The monoisotopic (exact) mass is 206 g/mol. The molecule has 2 nitrogen and oxygen atoms in total. The molecule has 2 atom stereocenters. The Morgan fingerprint density at radius 1 is 1.20 bits per heavy atom. The quantitative estimate of drug-likeness (QED) is 0.713. The summed E-state index contributed by atoms with van der Waals surface area (Å²) in [6, 6.07) is 4.72. The Hall–Kier alpha value is -0.960. The second kappa shape index (κ2) is 3.56. The number of halogens is 1. The predicted octanol–water partition coefficient (Wildman–Crippen LogP) is 2.22. The van der Waals surface area contributed by atoms with E-state index in [0.717, 1.165) is 0 Å². The zero-order valence-electron chi connectivity index (χ0n) is 8.62. The van der Waals surface area contributed by atoms with E-state index in [1.54, 1.807) is 6.20 Å². The fourth-order valence-electron chi connectivity index (χ4n) is 2.96. The number of hydrogen-bond acceptors (Lipinski definition) is 2. The zero-order chi connectivity index (χ0) is 10.3. The highest BCUT2D eigenvalue weighted by Gasteiger charge is 2.33. The normalized spacial score (nSPS) is 34.3. The maximum atomic E-state index is 12.7. The predicted molar refractivity (Wildman–Crippen MR) is 56.1 cm³/mol. The molecule has 15 heavy (non-hydrogen) atoms. The summed E-state index contributed by atoms with van der Waals surface area (Å²) in [6.45, 7) is 0. The van der Waals surface area contributed by atoms with Crippen molar-refractivity contribution >= 4 is 0 Å². The fraction of sp³-hybridized carbons (Fsp3) is 0.583. The maximum Gasteiger partial charge on any atom is 0.212 e. The van der Waals surface area contributed by atoms with E-state index in [1.807, 2.05) is 6.07 Å². The lowest BCUT2D eigenvalue weighted by Gasteiger charge is -2.29. The number of aromatic nitrogens is 1. The first-order valence-electron chi connectivity index (χ1n) is 5.69. The first kappa shape index (κ1) is 9.28. The van der Waals surface area contributed by atoms with E-state index in [2.05, 4.69) is 10.3 Å². The van der Waals surface area contributed by atoms with Crippen molar-refractivity contribution < 1.29 is 4.39 Å². The van der Waals surface area contributed by atoms with Crippen molar-refractivity contribution in [2.45, 2.75) is 43.7 Å². The second-order valence-electron chi connectivity index (χ2n) is 4.72. The molecule has 1 aromatic heterocycles. The molecule has 2 fully saturated rings. The third kappa shape index (κ3) is 1.76. The van der Waals surface area contributed by atoms with Crippen LogP contribution in [0.1, 0.15) is 37.2 Å². The van der Waals surface area contributed by atoms with Gasteiger partial charge >= 0.3 is 0 Å². The Bertz CT molecular complexity index is 337. The van der Waals surface area contributed by atoms with E-state index in [1.165, 1.54) is 37.3 Å². The van der Waals surface area contributed by atoms with Crippen LogP contribution in [0, 0.1) is 5.95 Å². The number of hydrogen-bond donors (Lipinski definition) is 1. The first-order chi connectivity index (χ1) is 7.31. The molecule has 3 rings (SSSR count). The molecule has 2 aliphatic heterocycles. The molecule has 1 N–H and O–H groups in total. The van der Waals surface area contributed by atoms with Gasteiger partial charge in [-0.25, -0.2) is 4.98 Å². The molecular formula is C12H15FN2. The summed E-state index contributed by atoms with van der Waals surface area (Å²) >= 11 is 0. The largest absolute Gasteiger partial charge is 0.311 e. The van der Waals surface area contributed by atoms with Crippen molar-refractivity contribution in [2.24, 2.45) is 0 Å². The van der Waals surface area contributed by atoms with Gasteiger partial charge in [0.2, 0.25) is 5.95 Å². The van der Waals surface area contributed by atoms with Crippen molar-refractivity contribution in [3.63, 3.8) is 0 Å². The van der Waals surface area contributed by atoms with Gasteiger partial charge in [-0.3, -0.25) is 0 Å². The van der Waals surface area contributed by atoms with Gasteiger partial charge in [-0.15, -0.1) is 0 Å². The van der Waals surface area contributed by atoms with Crippen LogP contribution in [0.5, 0.6) is 0 Å². The molecule has 0 amide bonds. The Labute approximate surface area is 88.9 Å². The van der Waals surface area contributed by atoms with Crippen LogP contribution >= 0.6 is 0 Å². The molecule has 0 radical (unpaired) electrons. The fourth-order valence-corrected chi connectivity index (χ4v) is 2.96. The second-order valence-corrected chi connectivity index (χ2v) is 4.72. The van der Waals surface area contributed by atoms with Crippen LogP contribution in [0.3, 0.4) is 0 Å². The van der Waals surface area contributed by atoms with Gasteiger partial charge in [-0.1, -0.05) is 6.07 Å². The summed E-state index contributed by atoms with van der Waals surface area (Å²) in [5.74, 6) is 0.201. The molecule has 2 bridgehead atoms. The Morgan fingerprint density at radius 2 is 1.93 bits per heavy atom. The van der Waals surface area contributed by atoms with E-state index in [9.17, 15) is 4.39 Å². The van der Waals surface area contributed by atoms with Crippen molar-refractivity contribution in [2.75, 3.05) is 0 Å². The third-order valence-electron chi connectivity index (χ3n) is 3.69. The molecule has 80 valence electrons. The van der Waals surface area contributed by atoms with Crippen molar-refractivity contribution in [1.29, 1.82) is 0 Å². The average Bonchev–Trinajstić information content (AvgIpc) is 2.59. The minimum absolute atomic E-state index is 0.379. The summed E-state index contributed by atoms with van der Waals surface area (Å²) in [7, 11) is 0. The van der Waals surface area contributed by atoms with Crippen molar-refractivity contribution in [3.05, 3.63) is 29.8 Å². The van der Waals surface area contributed by atoms with Crippen LogP contribution in [0.15, 0.2) is 18.3 Å². The van der Waals surface area contributed by atoms with E-state index in [0.29, 0.717) is 18.0 Å². The third-order valence-corrected chi connectivity index (χ3v) is 3.69. The highest BCUT2D eigenvalue weighted by Crippen LogP contribution is 2.36. The van der Waals surface area contributed by atoms with Crippen LogP contribution in [-0.2, 0) is 0 Å². The van der Waals surface area contributed by atoms with Crippen LogP contribution in [-0.4, -0.2) is 17.1 Å². The maximum absolute atomic E-state index is 12.7. The standard InChI is InChI=1S/C12H15FN2/c13-12-4-1-8(7-14-12)9-5-10-2-3-11(6-9)15-10/h1,4,7,9-11,15H,2-3,5-6H2. The van der Waals surface area contributed by atoms with Crippen molar-refractivity contribution in [1.82, 2.24) is 10.3 Å². The van der Waals surface area contributed by atoms with Gasteiger partial charge in [0.05, 0.1) is 0 Å². The lowest BCUT2D eigenvalue weighted by molar-refractivity contribution is 0.362. The molecule has 0 saturated carbocycles. The first-order valence-corrected chi connectivity index (χ1v) is 5.69. The minimum Gasteiger partial charge on any atom is -0.311 e. The van der Waals surface area contributed by atoms with Gasteiger partial charge in [-0.2, -0.15) is 4.39 Å². The number of pyridine rings is 1. The molecule has 3 heteroatoms. The van der Waals surface area contributed by atoms with Crippen LogP contribution < -0.4 is 5.32 Å². The molecule has 2 unspecified atom stereocenters. The molecule has 1 aromatic rings. The van der Waals surface area contributed by atoms with E-state index < -0.39 is 0 Å². The molecule has 3 heterocycles. The summed E-state index contributed by atoms with van der Waals surface area (Å²) in [4.78, 5) is 3.74. The van der Waals surface area contributed by atoms with Gasteiger partial charge in [0.1, 0.15) is 0 Å². The molecule has 2 aliphatic rings. The number of nitrogens with one attached hydrogen (secondary N) is 1.